The van der Waals surface area contributed by atoms with Gasteiger partial charge in [0.1, 0.15) is 27.7 Å². The van der Waals surface area contributed by atoms with Gasteiger partial charge in [0, 0.05) is 29.8 Å². The van der Waals surface area contributed by atoms with Crippen molar-refractivity contribution in [2.75, 3.05) is 18.6 Å². The highest BCUT2D eigenvalue weighted by Crippen LogP contribution is 2.25. The van der Waals surface area contributed by atoms with Gasteiger partial charge in [0.25, 0.3) is 0 Å². The Bertz CT molecular complexity index is 846. The quantitative estimate of drug-likeness (QED) is 0.352. The third-order valence-corrected chi connectivity index (χ3v) is 4.95. The van der Waals surface area contributed by atoms with Crippen LogP contribution in [0.1, 0.15) is 31.6 Å². The summed E-state index contributed by atoms with van der Waals surface area (Å²) in [6, 6.07) is 7.94. The molecule has 0 aliphatic carbocycles. The lowest BCUT2D eigenvalue weighted by Crippen LogP contribution is -2.42. The number of benzene rings is 1. The van der Waals surface area contributed by atoms with Crippen molar-refractivity contribution < 1.29 is 12.8 Å². The van der Waals surface area contributed by atoms with Gasteiger partial charge in [0.05, 0.1) is 5.75 Å². The number of furan rings is 1. The van der Waals surface area contributed by atoms with Crippen molar-refractivity contribution >= 4 is 50.7 Å². The van der Waals surface area contributed by atoms with E-state index in [9.17, 15) is 8.42 Å². The van der Waals surface area contributed by atoms with E-state index < -0.39 is 9.84 Å². The van der Waals surface area contributed by atoms with Crippen LogP contribution in [0.5, 0.6) is 0 Å². The number of hydrogen-bond acceptors (Lipinski definition) is 4. The Morgan fingerprint density at radius 2 is 2.00 bits per heavy atom. The van der Waals surface area contributed by atoms with Gasteiger partial charge in [-0.3, -0.25) is 0 Å². The predicted octanol–water partition coefficient (Wildman–Crippen LogP) is 3.24. The SMILES string of the molecule is CCNC(=NCc1oc2ccccc2c1C)NC(C)CCS(C)(=O)=O.I. The van der Waals surface area contributed by atoms with E-state index in [4.69, 9.17) is 4.42 Å². The zero-order chi connectivity index (χ0) is 18.4. The van der Waals surface area contributed by atoms with E-state index >= 15 is 0 Å². The van der Waals surface area contributed by atoms with Crippen molar-refractivity contribution in [2.45, 2.75) is 39.8 Å². The van der Waals surface area contributed by atoms with Gasteiger partial charge in [0.2, 0.25) is 0 Å². The fourth-order valence-electron chi connectivity index (χ4n) is 2.54. The molecule has 6 nitrogen and oxygen atoms in total. The molecule has 2 rings (SSSR count). The monoisotopic (exact) mass is 493 g/mol. The molecule has 0 bridgehead atoms. The van der Waals surface area contributed by atoms with E-state index in [2.05, 4.69) is 15.6 Å². The topological polar surface area (TPSA) is 83.7 Å². The minimum absolute atomic E-state index is 0. The fourth-order valence-corrected chi connectivity index (χ4v) is 3.32. The van der Waals surface area contributed by atoms with Crippen LogP contribution >= 0.6 is 24.0 Å². The number of nitrogens with zero attached hydrogens (tertiary/aromatic N) is 1. The molecule has 0 aliphatic heterocycles. The first-order valence-electron chi connectivity index (χ1n) is 8.49. The Labute approximate surface area is 172 Å². The zero-order valence-corrected chi connectivity index (χ0v) is 18.9. The average Bonchev–Trinajstić information content (AvgIpc) is 2.87. The molecule has 1 unspecified atom stereocenters. The highest BCUT2D eigenvalue weighted by atomic mass is 127. The van der Waals surface area contributed by atoms with Crippen LogP contribution in [-0.4, -0.2) is 39.0 Å². The first-order valence-corrected chi connectivity index (χ1v) is 10.6. The summed E-state index contributed by atoms with van der Waals surface area (Å²) in [5.74, 6) is 1.65. The van der Waals surface area contributed by atoms with Crippen LogP contribution in [0, 0.1) is 6.92 Å². The highest BCUT2D eigenvalue weighted by molar-refractivity contribution is 14.0. The third-order valence-electron chi connectivity index (χ3n) is 3.97. The second-order valence-electron chi connectivity index (χ2n) is 6.31. The number of para-hydroxylation sites is 1. The predicted molar refractivity (Wildman–Crippen MR) is 118 cm³/mol. The molecule has 2 N–H and O–H groups in total. The summed E-state index contributed by atoms with van der Waals surface area (Å²) in [4.78, 5) is 4.58. The van der Waals surface area contributed by atoms with Crippen molar-refractivity contribution in [3.8, 4) is 0 Å². The summed E-state index contributed by atoms with van der Waals surface area (Å²) < 4.78 is 28.5. The molecule has 26 heavy (non-hydrogen) atoms. The molecule has 146 valence electrons. The van der Waals surface area contributed by atoms with E-state index in [1.54, 1.807) is 0 Å². The van der Waals surface area contributed by atoms with E-state index in [1.807, 2.05) is 45.0 Å². The minimum atomic E-state index is -2.96. The number of nitrogens with one attached hydrogen (secondary N) is 2. The van der Waals surface area contributed by atoms with Gasteiger partial charge in [-0.1, -0.05) is 18.2 Å². The summed E-state index contributed by atoms with van der Waals surface area (Å²) in [6.07, 6.45) is 1.79. The molecule has 1 heterocycles. The Balaban J connectivity index is 0.00000338. The summed E-state index contributed by atoms with van der Waals surface area (Å²) in [5.41, 5.74) is 1.96. The Morgan fingerprint density at radius 3 is 2.62 bits per heavy atom. The first kappa shape index (κ1) is 22.8. The van der Waals surface area contributed by atoms with Crippen molar-refractivity contribution in [1.82, 2.24) is 10.6 Å². The van der Waals surface area contributed by atoms with Gasteiger partial charge in [-0.15, -0.1) is 24.0 Å². The van der Waals surface area contributed by atoms with Gasteiger partial charge in [0.15, 0.2) is 5.96 Å². The Kier molecular flexibility index (Phi) is 8.88. The smallest absolute Gasteiger partial charge is 0.191 e. The lowest BCUT2D eigenvalue weighted by Gasteiger charge is -2.17. The summed E-state index contributed by atoms with van der Waals surface area (Å²) >= 11 is 0. The summed E-state index contributed by atoms with van der Waals surface area (Å²) in [7, 11) is -2.96. The Morgan fingerprint density at radius 1 is 1.31 bits per heavy atom. The maximum absolute atomic E-state index is 11.3. The van der Waals surface area contributed by atoms with E-state index in [0.29, 0.717) is 18.9 Å². The molecular formula is C18H28IN3O3S. The average molecular weight is 493 g/mol. The lowest BCUT2D eigenvalue weighted by molar-refractivity contribution is 0.546. The van der Waals surface area contributed by atoms with Crippen molar-refractivity contribution in [2.24, 2.45) is 4.99 Å². The molecule has 8 heteroatoms. The summed E-state index contributed by atoms with van der Waals surface area (Å²) in [5, 5.41) is 7.53. The maximum Gasteiger partial charge on any atom is 0.191 e. The maximum atomic E-state index is 11.3. The number of hydrogen-bond donors (Lipinski definition) is 2. The third kappa shape index (κ3) is 6.79. The molecule has 0 radical (unpaired) electrons. The van der Waals surface area contributed by atoms with Crippen molar-refractivity contribution in [3.63, 3.8) is 0 Å². The van der Waals surface area contributed by atoms with E-state index in [-0.39, 0.29) is 35.8 Å². The van der Waals surface area contributed by atoms with Crippen LogP contribution in [0.4, 0.5) is 0 Å². The molecule has 0 fully saturated rings. The second kappa shape index (κ2) is 10.1. The number of sulfone groups is 1. The molecule has 0 aliphatic rings. The summed E-state index contributed by atoms with van der Waals surface area (Å²) in [6.45, 7) is 7.12. The Hall–Kier alpha value is -1.29. The zero-order valence-electron chi connectivity index (χ0n) is 15.7. The molecule has 1 aromatic heterocycles. The van der Waals surface area contributed by atoms with Gasteiger partial charge in [-0.25, -0.2) is 13.4 Å². The molecule has 1 atom stereocenters. The van der Waals surface area contributed by atoms with Crippen molar-refractivity contribution in [3.05, 3.63) is 35.6 Å². The molecule has 0 saturated carbocycles. The number of aryl methyl sites for hydroxylation is 1. The number of halogens is 1. The molecule has 0 amide bonds. The van der Waals surface area contributed by atoms with Gasteiger partial charge in [-0.2, -0.15) is 0 Å². The molecule has 1 aromatic carbocycles. The highest BCUT2D eigenvalue weighted by Gasteiger charge is 2.12. The minimum Gasteiger partial charge on any atom is -0.459 e. The van der Waals surface area contributed by atoms with E-state index in [0.717, 1.165) is 28.8 Å². The van der Waals surface area contributed by atoms with E-state index in [1.165, 1.54) is 6.26 Å². The number of aliphatic imine (C=N–C) groups is 1. The number of rotatable bonds is 7. The van der Waals surface area contributed by atoms with Crippen LogP contribution in [0.15, 0.2) is 33.7 Å². The second-order valence-corrected chi connectivity index (χ2v) is 8.57. The number of guanidine groups is 1. The van der Waals surface area contributed by atoms with Gasteiger partial charge in [-0.05, 0) is 33.3 Å². The lowest BCUT2D eigenvalue weighted by atomic mass is 10.1. The molecule has 2 aromatic rings. The first-order chi connectivity index (χ1) is 11.8. The largest absolute Gasteiger partial charge is 0.459 e. The molecule has 0 saturated heterocycles. The van der Waals surface area contributed by atoms with Crippen LogP contribution in [-0.2, 0) is 16.4 Å². The van der Waals surface area contributed by atoms with Crippen LogP contribution in [0.25, 0.3) is 11.0 Å². The number of fused-ring (bicyclic) bond motifs is 1. The normalized spacial score (nSPS) is 13.3. The standard InChI is InChI=1S/C18H27N3O3S.HI/c1-5-19-18(21-13(2)10-11-25(4,22)23)20-12-17-14(3)15-8-6-7-9-16(15)24-17;/h6-9,13H,5,10-12H2,1-4H3,(H2,19,20,21);1H. The van der Waals surface area contributed by atoms with Gasteiger partial charge >= 0.3 is 0 Å². The van der Waals surface area contributed by atoms with Crippen molar-refractivity contribution in [1.29, 1.82) is 0 Å². The fraction of sp³-hybridized carbons (Fsp3) is 0.500. The molecular weight excluding hydrogens is 465 g/mol. The molecule has 0 spiro atoms. The van der Waals surface area contributed by atoms with Crippen LogP contribution < -0.4 is 10.6 Å². The van der Waals surface area contributed by atoms with Crippen LogP contribution in [0.2, 0.25) is 0 Å². The van der Waals surface area contributed by atoms with Crippen LogP contribution in [0.3, 0.4) is 0 Å². The van der Waals surface area contributed by atoms with Gasteiger partial charge < -0.3 is 15.1 Å².